The molecule has 2 aliphatic rings. The van der Waals surface area contributed by atoms with Crippen molar-refractivity contribution in [2.75, 3.05) is 13.2 Å². The highest BCUT2D eigenvalue weighted by atomic mass is 16.6. The van der Waals surface area contributed by atoms with Crippen LogP contribution in [0.15, 0.2) is 0 Å². The lowest BCUT2D eigenvalue weighted by Crippen LogP contribution is -2.37. The largest absolute Gasteiger partial charge is 0.394 e. The maximum absolute atomic E-state index is 9.00. The van der Waals surface area contributed by atoms with E-state index in [1.165, 1.54) is 0 Å². The van der Waals surface area contributed by atoms with Crippen LogP contribution in [-0.2, 0) is 9.47 Å². The SMILES string of the molecule is C[C@@H]1OC[C@]2(CC[C@@H](CO)O2)[C@H]1C. The highest BCUT2D eigenvalue weighted by Crippen LogP contribution is 2.43. The molecule has 2 rings (SSSR count). The number of aliphatic hydroxyl groups excluding tert-OH is 1. The minimum atomic E-state index is -0.0905. The predicted octanol–water partition coefficient (Wildman–Crippen LogP) is 0.951. The van der Waals surface area contributed by atoms with E-state index >= 15 is 0 Å². The molecule has 2 heterocycles. The van der Waals surface area contributed by atoms with E-state index in [0.717, 1.165) is 12.8 Å². The van der Waals surface area contributed by atoms with Crippen LogP contribution in [0.25, 0.3) is 0 Å². The third-order valence-corrected chi connectivity index (χ3v) is 3.62. The lowest BCUT2D eigenvalue weighted by Gasteiger charge is -2.27. The second-order valence-electron chi connectivity index (χ2n) is 4.33. The minimum Gasteiger partial charge on any atom is -0.394 e. The zero-order valence-corrected chi connectivity index (χ0v) is 8.32. The second-order valence-corrected chi connectivity index (χ2v) is 4.33. The molecule has 0 bridgehead atoms. The Balaban J connectivity index is 2.06. The summed E-state index contributed by atoms with van der Waals surface area (Å²) in [5, 5.41) is 9.00. The topological polar surface area (TPSA) is 38.7 Å². The maximum atomic E-state index is 9.00. The number of ether oxygens (including phenoxy) is 2. The van der Waals surface area contributed by atoms with E-state index < -0.39 is 0 Å². The van der Waals surface area contributed by atoms with E-state index in [0.29, 0.717) is 12.5 Å². The van der Waals surface area contributed by atoms with Crippen LogP contribution in [0.3, 0.4) is 0 Å². The number of hydrogen-bond donors (Lipinski definition) is 1. The Hall–Kier alpha value is -0.120. The van der Waals surface area contributed by atoms with Crippen molar-refractivity contribution in [1.29, 1.82) is 0 Å². The summed E-state index contributed by atoms with van der Waals surface area (Å²) in [5.74, 6) is 0.448. The molecule has 0 aromatic rings. The van der Waals surface area contributed by atoms with Crippen molar-refractivity contribution >= 4 is 0 Å². The fourth-order valence-corrected chi connectivity index (χ4v) is 2.40. The van der Waals surface area contributed by atoms with E-state index in [-0.39, 0.29) is 24.4 Å². The number of hydrogen-bond acceptors (Lipinski definition) is 3. The summed E-state index contributed by atoms with van der Waals surface area (Å²) in [7, 11) is 0. The van der Waals surface area contributed by atoms with Crippen molar-refractivity contribution in [3.8, 4) is 0 Å². The van der Waals surface area contributed by atoms with Gasteiger partial charge in [-0.3, -0.25) is 0 Å². The van der Waals surface area contributed by atoms with Gasteiger partial charge in [0.1, 0.15) is 0 Å². The average Bonchev–Trinajstić information content (AvgIpc) is 2.67. The Morgan fingerprint density at radius 3 is 2.69 bits per heavy atom. The average molecular weight is 186 g/mol. The highest BCUT2D eigenvalue weighted by molar-refractivity contribution is 4.98. The van der Waals surface area contributed by atoms with Crippen molar-refractivity contribution in [2.45, 2.75) is 44.5 Å². The lowest BCUT2D eigenvalue weighted by atomic mass is 9.86. The van der Waals surface area contributed by atoms with Crippen LogP contribution in [-0.4, -0.2) is 36.1 Å². The van der Waals surface area contributed by atoms with Crippen LogP contribution in [0.1, 0.15) is 26.7 Å². The smallest absolute Gasteiger partial charge is 0.0970 e. The summed E-state index contributed by atoms with van der Waals surface area (Å²) < 4.78 is 11.5. The fraction of sp³-hybridized carbons (Fsp3) is 1.00. The van der Waals surface area contributed by atoms with Crippen LogP contribution in [0.2, 0.25) is 0 Å². The fourth-order valence-electron chi connectivity index (χ4n) is 2.40. The molecule has 0 aliphatic carbocycles. The zero-order valence-electron chi connectivity index (χ0n) is 8.32. The molecule has 0 amide bonds. The number of rotatable bonds is 1. The Labute approximate surface area is 79.0 Å². The predicted molar refractivity (Wildman–Crippen MR) is 48.5 cm³/mol. The summed E-state index contributed by atoms with van der Waals surface area (Å²) in [6.07, 6.45) is 2.33. The second kappa shape index (κ2) is 3.23. The van der Waals surface area contributed by atoms with E-state index in [1.54, 1.807) is 0 Å². The van der Waals surface area contributed by atoms with Crippen molar-refractivity contribution in [3.63, 3.8) is 0 Å². The minimum absolute atomic E-state index is 0.0383. The summed E-state index contributed by atoms with van der Waals surface area (Å²) in [5.41, 5.74) is -0.0905. The molecule has 0 aromatic heterocycles. The van der Waals surface area contributed by atoms with E-state index in [9.17, 15) is 0 Å². The van der Waals surface area contributed by atoms with Gasteiger partial charge in [0.05, 0.1) is 31.0 Å². The zero-order chi connectivity index (χ0) is 9.47. The summed E-state index contributed by atoms with van der Waals surface area (Å²) in [4.78, 5) is 0. The summed E-state index contributed by atoms with van der Waals surface area (Å²) in [6, 6.07) is 0. The van der Waals surface area contributed by atoms with Gasteiger partial charge in [-0.05, 0) is 19.8 Å². The molecular weight excluding hydrogens is 168 g/mol. The van der Waals surface area contributed by atoms with Gasteiger partial charge in [0.15, 0.2) is 0 Å². The van der Waals surface area contributed by atoms with Gasteiger partial charge in [0.2, 0.25) is 0 Å². The molecule has 13 heavy (non-hydrogen) atoms. The molecular formula is C10H18O3. The van der Waals surface area contributed by atoms with Gasteiger partial charge in [-0.2, -0.15) is 0 Å². The Morgan fingerprint density at radius 2 is 2.23 bits per heavy atom. The van der Waals surface area contributed by atoms with Gasteiger partial charge >= 0.3 is 0 Å². The molecule has 2 fully saturated rings. The molecule has 76 valence electrons. The first-order valence-corrected chi connectivity index (χ1v) is 5.08. The molecule has 3 heteroatoms. The lowest BCUT2D eigenvalue weighted by molar-refractivity contribution is -0.0766. The van der Waals surface area contributed by atoms with Gasteiger partial charge in [-0.1, -0.05) is 6.92 Å². The Kier molecular flexibility index (Phi) is 2.34. The van der Waals surface area contributed by atoms with Crippen molar-refractivity contribution < 1.29 is 14.6 Å². The highest BCUT2D eigenvalue weighted by Gasteiger charge is 2.50. The Bertz CT molecular complexity index is 195. The first-order chi connectivity index (χ1) is 6.18. The number of aliphatic hydroxyl groups is 1. The molecule has 1 N–H and O–H groups in total. The van der Waals surface area contributed by atoms with Gasteiger partial charge in [0.25, 0.3) is 0 Å². The van der Waals surface area contributed by atoms with Crippen LogP contribution < -0.4 is 0 Å². The van der Waals surface area contributed by atoms with Gasteiger partial charge < -0.3 is 14.6 Å². The molecule has 3 nitrogen and oxygen atoms in total. The maximum Gasteiger partial charge on any atom is 0.0970 e. The van der Waals surface area contributed by atoms with Crippen LogP contribution in [0.5, 0.6) is 0 Å². The van der Waals surface area contributed by atoms with Crippen LogP contribution >= 0.6 is 0 Å². The van der Waals surface area contributed by atoms with Gasteiger partial charge in [-0.15, -0.1) is 0 Å². The first-order valence-electron chi connectivity index (χ1n) is 5.08. The summed E-state index contributed by atoms with van der Waals surface area (Å²) >= 11 is 0. The third-order valence-electron chi connectivity index (χ3n) is 3.62. The molecule has 2 aliphatic heterocycles. The summed E-state index contributed by atoms with van der Waals surface area (Å²) in [6.45, 7) is 5.11. The van der Waals surface area contributed by atoms with Gasteiger partial charge in [0, 0.05) is 5.92 Å². The quantitative estimate of drug-likeness (QED) is 0.662. The molecule has 0 unspecified atom stereocenters. The first kappa shape index (κ1) is 9.44. The standard InChI is InChI=1S/C10H18O3/c1-7-8(2)12-6-10(7)4-3-9(5-11)13-10/h7-9,11H,3-6H2,1-2H3/t7-,8-,9-,10+/m0/s1. The van der Waals surface area contributed by atoms with Crippen LogP contribution in [0.4, 0.5) is 0 Å². The van der Waals surface area contributed by atoms with E-state index in [2.05, 4.69) is 13.8 Å². The van der Waals surface area contributed by atoms with E-state index in [1.807, 2.05) is 0 Å². The van der Waals surface area contributed by atoms with E-state index in [4.69, 9.17) is 14.6 Å². The Morgan fingerprint density at radius 1 is 1.46 bits per heavy atom. The van der Waals surface area contributed by atoms with Crippen molar-refractivity contribution in [1.82, 2.24) is 0 Å². The molecule has 4 atom stereocenters. The van der Waals surface area contributed by atoms with Gasteiger partial charge in [-0.25, -0.2) is 0 Å². The normalized spacial score (nSPS) is 50.5. The molecule has 0 aromatic carbocycles. The monoisotopic (exact) mass is 186 g/mol. The molecule has 2 saturated heterocycles. The third kappa shape index (κ3) is 1.39. The molecule has 1 spiro atoms. The van der Waals surface area contributed by atoms with Crippen molar-refractivity contribution in [3.05, 3.63) is 0 Å². The molecule has 0 saturated carbocycles. The molecule has 0 radical (unpaired) electrons. The van der Waals surface area contributed by atoms with Crippen LogP contribution in [0, 0.1) is 5.92 Å². The van der Waals surface area contributed by atoms with Crippen molar-refractivity contribution in [2.24, 2.45) is 5.92 Å².